The molecule has 1 heterocycles. The minimum absolute atomic E-state index is 0.0717. The highest BCUT2D eigenvalue weighted by molar-refractivity contribution is 6.33. The third kappa shape index (κ3) is 2.27. The Hall–Kier alpha value is -2.40. The molecule has 4 nitrogen and oxygen atoms in total. The van der Waals surface area contributed by atoms with E-state index in [0.29, 0.717) is 16.3 Å². The van der Waals surface area contributed by atoms with Crippen LogP contribution < -0.4 is 5.32 Å². The van der Waals surface area contributed by atoms with Gasteiger partial charge in [-0.25, -0.2) is 4.39 Å². The molecule has 2 aliphatic rings. The number of nitro groups is 1. The van der Waals surface area contributed by atoms with Gasteiger partial charge in [0.1, 0.15) is 5.82 Å². The Balaban J connectivity index is 1.86. The molecule has 0 fully saturated rings. The largest absolute Gasteiger partial charge is 0.376 e. The minimum Gasteiger partial charge on any atom is -0.376 e. The number of allylic oxidation sites excluding steroid dienone is 2. The van der Waals surface area contributed by atoms with Crippen molar-refractivity contribution in [1.82, 2.24) is 0 Å². The standard InChI is InChI=1S/C18H14ClFN2O2/c19-14-8-9-15(22(23)24)16-12-2-1-3-13(12)17(21-18(14)16)10-4-6-11(20)7-5-10/h1-2,4-9,12-13,17,21H,3H2/t12-,13+,17-/m1/s1. The summed E-state index contributed by atoms with van der Waals surface area (Å²) in [4.78, 5) is 11.1. The minimum atomic E-state index is -0.363. The second-order valence-corrected chi connectivity index (χ2v) is 6.55. The molecule has 0 bridgehead atoms. The van der Waals surface area contributed by atoms with E-state index in [-0.39, 0.29) is 34.3 Å². The van der Waals surface area contributed by atoms with Crippen LogP contribution in [0.2, 0.25) is 5.02 Å². The summed E-state index contributed by atoms with van der Waals surface area (Å²) in [6.45, 7) is 0. The number of nitro benzene ring substituents is 1. The van der Waals surface area contributed by atoms with Crippen LogP contribution in [-0.4, -0.2) is 4.92 Å². The van der Waals surface area contributed by atoms with Crippen molar-refractivity contribution in [3.8, 4) is 0 Å². The summed E-state index contributed by atoms with van der Waals surface area (Å²) in [5, 5.41) is 15.3. The number of halogens is 2. The SMILES string of the molecule is O=[N+]([O-])c1ccc(Cl)c2c1[C@@H]1C=CC[C@@H]1[C@@H](c1ccc(F)cc1)N2. The van der Waals surface area contributed by atoms with E-state index in [4.69, 9.17) is 11.6 Å². The average molecular weight is 345 g/mol. The zero-order valence-corrected chi connectivity index (χ0v) is 13.3. The summed E-state index contributed by atoms with van der Waals surface area (Å²) in [6, 6.07) is 9.30. The summed E-state index contributed by atoms with van der Waals surface area (Å²) in [5.41, 5.74) is 2.28. The molecule has 0 saturated heterocycles. The quantitative estimate of drug-likeness (QED) is 0.462. The average Bonchev–Trinajstić information content (AvgIpc) is 3.05. The number of nitrogens with zero attached hydrogens (tertiary/aromatic N) is 1. The molecule has 1 aliphatic heterocycles. The van der Waals surface area contributed by atoms with Gasteiger partial charge in [-0.1, -0.05) is 35.9 Å². The molecular formula is C18H14ClFN2O2. The van der Waals surface area contributed by atoms with Gasteiger partial charge in [0.05, 0.1) is 27.2 Å². The summed E-state index contributed by atoms with van der Waals surface area (Å²) in [6.07, 6.45) is 4.88. The molecule has 0 spiro atoms. The first kappa shape index (κ1) is 15.1. The maximum atomic E-state index is 13.2. The van der Waals surface area contributed by atoms with Crippen molar-refractivity contribution in [2.75, 3.05) is 5.32 Å². The molecule has 2 aromatic rings. The van der Waals surface area contributed by atoms with Crippen molar-refractivity contribution in [1.29, 1.82) is 0 Å². The predicted octanol–water partition coefficient (Wildman–Crippen LogP) is 5.21. The lowest BCUT2D eigenvalue weighted by Crippen LogP contribution is -2.29. The van der Waals surface area contributed by atoms with E-state index in [2.05, 4.69) is 5.32 Å². The number of rotatable bonds is 2. The first-order valence-corrected chi connectivity index (χ1v) is 8.09. The lowest BCUT2D eigenvalue weighted by atomic mass is 9.76. The number of hydrogen-bond acceptors (Lipinski definition) is 3. The fourth-order valence-electron chi connectivity index (χ4n) is 3.81. The van der Waals surface area contributed by atoms with Crippen LogP contribution in [0, 0.1) is 21.8 Å². The van der Waals surface area contributed by atoms with Gasteiger partial charge < -0.3 is 5.32 Å². The van der Waals surface area contributed by atoms with Crippen LogP contribution in [0.15, 0.2) is 48.6 Å². The summed E-state index contributed by atoms with van der Waals surface area (Å²) >= 11 is 6.32. The number of hydrogen-bond donors (Lipinski definition) is 1. The molecule has 122 valence electrons. The smallest absolute Gasteiger partial charge is 0.275 e. The van der Waals surface area contributed by atoms with E-state index in [1.807, 2.05) is 12.2 Å². The monoisotopic (exact) mass is 344 g/mol. The molecule has 0 saturated carbocycles. The lowest BCUT2D eigenvalue weighted by molar-refractivity contribution is -0.385. The molecule has 3 atom stereocenters. The maximum Gasteiger partial charge on any atom is 0.275 e. The van der Waals surface area contributed by atoms with Crippen molar-refractivity contribution < 1.29 is 9.31 Å². The van der Waals surface area contributed by atoms with Crippen molar-refractivity contribution in [2.24, 2.45) is 5.92 Å². The van der Waals surface area contributed by atoms with Gasteiger partial charge in [0.2, 0.25) is 0 Å². The normalized spacial score (nSPS) is 24.2. The van der Waals surface area contributed by atoms with E-state index < -0.39 is 0 Å². The maximum absolute atomic E-state index is 13.2. The van der Waals surface area contributed by atoms with Gasteiger partial charge >= 0.3 is 0 Å². The zero-order chi connectivity index (χ0) is 16.8. The van der Waals surface area contributed by atoms with Gasteiger partial charge in [0.15, 0.2) is 0 Å². The van der Waals surface area contributed by atoms with Gasteiger partial charge in [-0.3, -0.25) is 10.1 Å². The molecule has 0 aromatic heterocycles. The van der Waals surface area contributed by atoms with Crippen LogP contribution in [-0.2, 0) is 0 Å². The second kappa shape index (κ2) is 5.60. The Morgan fingerprint density at radius 2 is 1.96 bits per heavy atom. The second-order valence-electron chi connectivity index (χ2n) is 6.14. The number of fused-ring (bicyclic) bond motifs is 3. The van der Waals surface area contributed by atoms with Crippen LogP contribution in [0.5, 0.6) is 0 Å². The summed E-state index contributed by atoms with van der Waals surface area (Å²) in [5.74, 6) is -0.222. The molecule has 0 amide bonds. The van der Waals surface area contributed by atoms with E-state index in [1.165, 1.54) is 18.2 Å². The molecule has 4 rings (SSSR count). The Morgan fingerprint density at radius 1 is 1.21 bits per heavy atom. The Bertz CT molecular complexity index is 851. The summed E-state index contributed by atoms with van der Waals surface area (Å²) in [7, 11) is 0. The number of anilines is 1. The van der Waals surface area contributed by atoms with Crippen molar-refractivity contribution in [3.05, 3.63) is 80.6 Å². The molecule has 6 heteroatoms. The Morgan fingerprint density at radius 3 is 2.67 bits per heavy atom. The van der Waals surface area contributed by atoms with Gasteiger partial charge in [0.25, 0.3) is 5.69 Å². The zero-order valence-electron chi connectivity index (χ0n) is 12.6. The molecule has 1 aliphatic carbocycles. The van der Waals surface area contributed by atoms with Crippen LogP contribution in [0.1, 0.15) is 29.5 Å². The van der Waals surface area contributed by atoms with Crippen LogP contribution in [0.25, 0.3) is 0 Å². The van der Waals surface area contributed by atoms with Crippen LogP contribution >= 0.6 is 11.6 Å². The molecule has 0 radical (unpaired) electrons. The van der Waals surface area contributed by atoms with Crippen molar-refractivity contribution >= 4 is 23.0 Å². The van der Waals surface area contributed by atoms with Gasteiger partial charge in [-0.05, 0) is 36.1 Å². The first-order chi connectivity index (χ1) is 11.6. The van der Waals surface area contributed by atoms with Gasteiger partial charge in [0, 0.05) is 12.0 Å². The fraction of sp³-hybridized carbons (Fsp3) is 0.222. The van der Waals surface area contributed by atoms with Crippen LogP contribution in [0.3, 0.4) is 0 Å². The third-order valence-electron chi connectivity index (χ3n) is 4.87. The Labute approximate surface area is 143 Å². The van der Waals surface area contributed by atoms with E-state index in [0.717, 1.165) is 12.0 Å². The topological polar surface area (TPSA) is 55.2 Å². The van der Waals surface area contributed by atoms with Crippen molar-refractivity contribution in [2.45, 2.75) is 18.4 Å². The third-order valence-corrected chi connectivity index (χ3v) is 5.19. The highest BCUT2D eigenvalue weighted by atomic mass is 35.5. The van der Waals surface area contributed by atoms with E-state index >= 15 is 0 Å². The fourth-order valence-corrected chi connectivity index (χ4v) is 4.03. The first-order valence-electron chi connectivity index (χ1n) is 7.71. The van der Waals surface area contributed by atoms with Crippen molar-refractivity contribution in [3.63, 3.8) is 0 Å². The number of nitrogens with one attached hydrogen (secondary N) is 1. The Kier molecular flexibility index (Phi) is 3.53. The molecular weight excluding hydrogens is 331 g/mol. The number of benzene rings is 2. The van der Waals surface area contributed by atoms with E-state index in [9.17, 15) is 14.5 Å². The highest BCUT2D eigenvalue weighted by Gasteiger charge is 2.42. The lowest BCUT2D eigenvalue weighted by Gasteiger charge is -2.37. The predicted molar refractivity (Wildman–Crippen MR) is 90.9 cm³/mol. The van der Waals surface area contributed by atoms with Crippen LogP contribution in [0.4, 0.5) is 15.8 Å². The highest BCUT2D eigenvalue weighted by Crippen LogP contribution is 2.54. The van der Waals surface area contributed by atoms with E-state index in [1.54, 1.807) is 18.2 Å². The molecule has 0 unspecified atom stereocenters. The van der Waals surface area contributed by atoms with Gasteiger partial charge in [-0.15, -0.1) is 0 Å². The molecule has 1 N–H and O–H groups in total. The van der Waals surface area contributed by atoms with Gasteiger partial charge in [-0.2, -0.15) is 0 Å². The summed E-state index contributed by atoms with van der Waals surface area (Å²) < 4.78 is 13.2. The molecule has 24 heavy (non-hydrogen) atoms. The molecule has 2 aromatic carbocycles.